The van der Waals surface area contributed by atoms with E-state index in [4.69, 9.17) is 10.5 Å². The second-order valence-corrected chi connectivity index (χ2v) is 8.40. The lowest BCUT2D eigenvalue weighted by Crippen LogP contribution is -2.54. The summed E-state index contributed by atoms with van der Waals surface area (Å²) in [4.78, 5) is 11.9. The first-order valence-electron chi connectivity index (χ1n) is 7.59. The van der Waals surface area contributed by atoms with Crippen molar-refractivity contribution in [3.63, 3.8) is 0 Å². The minimum atomic E-state index is -3.52. The van der Waals surface area contributed by atoms with Gasteiger partial charge in [0.15, 0.2) is 0 Å². The van der Waals surface area contributed by atoms with E-state index in [-0.39, 0.29) is 43.3 Å². The highest BCUT2D eigenvalue weighted by molar-refractivity contribution is 7.89. The topological polar surface area (TPSA) is 111 Å². The van der Waals surface area contributed by atoms with E-state index in [1.807, 2.05) is 34.6 Å². The molecule has 0 saturated carbocycles. The molecule has 0 bridgehead atoms. The number of amides is 1. The maximum absolute atomic E-state index is 11.9. The van der Waals surface area contributed by atoms with Crippen LogP contribution in [0.5, 0.6) is 0 Å². The molecule has 0 radical (unpaired) electrons. The summed E-state index contributed by atoms with van der Waals surface area (Å²) in [6.07, 6.45) is 0.698. The molecule has 0 heterocycles. The number of carbonyl (C=O) groups is 1. The summed E-state index contributed by atoms with van der Waals surface area (Å²) in [6, 6.07) is 0. The van der Waals surface area contributed by atoms with Crippen molar-refractivity contribution in [2.24, 2.45) is 11.7 Å². The molecule has 0 aromatic carbocycles. The second-order valence-electron chi connectivity index (χ2n) is 6.47. The Hall–Kier alpha value is -0.410. The molecule has 0 spiro atoms. The lowest BCUT2D eigenvalue weighted by atomic mass is 9.91. The molecule has 0 aliphatic rings. The molecule has 9 heteroatoms. The van der Waals surface area contributed by atoms with E-state index < -0.39 is 15.6 Å². The number of nitrogens with two attached hydrogens (primary N) is 1. The van der Waals surface area contributed by atoms with Crippen LogP contribution in [0.1, 0.15) is 41.0 Å². The average Bonchev–Trinajstić information content (AvgIpc) is 2.35. The van der Waals surface area contributed by atoms with Crippen LogP contribution in [0.15, 0.2) is 0 Å². The minimum absolute atomic E-state index is 0. The van der Waals surface area contributed by atoms with Gasteiger partial charge in [-0.3, -0.25) is 4.79 Å². The fourth-order valence-electron chi connectivity index (χ4n) is 2.11. The molecule has 4 N–H and O–H groups in total. The van der Waals surface area contributed by atoms with Gasteiger partial charge in [-0.2, -0.15) is 0 Å². The predicted molar refractivity (Wildman–Crippen MR) is 95.2 cm³/mol. The van der Waals surface area contributed by atoms with E-state index in [1.165, 1.54) is 0 Å². The lowest BCUT2D eigenvalue weighted by Gasteiger charge is -2.31. The van der Waals surface area contributed by atoms with Crippen molar-refractivity contribution in [3.05, 3.63) is 0 Å². The molecule has 140 valence electrons. The van der Waals surface area contributed by atoms with Gasteiger partial charge in [0, 0.05) is 12.1 Å². The van der Waals surface area contributed by atoms with Crippen molar-refractivity contribution < 1.29 is 17.9 Å². The van der Waals surface area contributed by atoms with Gasteiger partial charge >= 0.3 is 0 Å². The summed E-state index contributed by atoms with van der Waals surface area (Å²) < 4.78 is 30.9. The highest BCUT2D eigenvalue weighted by atomic mass is 35.5. The molecule has 1 amide bonds. The fourth-order valence-corrected chi connectivity index (χ4v) is 2.92. The third-order valence-corrected chi connectivity index (χ3v) is 4.29. The van der Waals surface area contributed by atoms with Crippen molar-refractivity contribution in [2.75, 3.05) is 25.4 Å². The molecule has 7 nitrogen and oxygen atoms in total. The molecule has 0 aliphatic heterocycles. The third-order valence-electron chi connectivity index (χ3n) is 3.01. The van der Waals surface area contributed by atoms with Gasteiger partial charge in [-0.15, -0.1) is 12.4 Å². The van der Waals surface area contributed by atoms with Crippen LogP contribution in [-0.4, -0.2) is 51.4 Å². The molecule has 1 unspecified atom stereocenters. The van der Waals surface area contributed by atoms with Crippen LogP contribution in [0.3, 0.4) is 0 Å². The molecule has 1 atom stereocenters. The summed E-state index contributed by atoms with van der Waals surface area (Å²) >= 11 is 0. The van der Waals surface area contributed by atoms with Crippen molar-refractivity contribution in [3.8, 4) is 0 Å². The van der Waals surface area contributed by atoms with Crippen LogP contribution in [0, 0.1) is 5.92 Å². The first-order chi connectivity index (χ1) is 9.99. The van der Waals surface area contributed by atoms with Crippen LogP contribution in [0.2, 0.25) is 0 Å². The van der Waals surface area contributed by atoms with Crippen molar-refractivity contribution in [1.29, 1.82) is 0 Å². The molecule has 0 aromatic heterocycles. The van der Waals surface area contributed by atoms with E-state index in [1.54, 1.807) is 0 Å². The average molecular weight is 374 g/mol. The molecule has 23 heavy (non-hydrogen) atoms. The number of ether oxygens (including phenoxy) is 1. The Kier molecular flexibility index (Phi) is 12.1. The molecule has 0 rings (SSSR count). The van der Waals surface area contributed by atoms with E-state index in [9.17, 15) is 13.2 Å². The predicted octanol–water partition coefficient (Wildman–Crippen LogP) is 0.632. The van der Waals surface area contributed by atoms with Gasteiger partial charge in [-0.1, -0.05) is 13.8 Å². The Balaban J connectivity index is 0. The van der Waals surface area contributed by atoms with Crippen molar-refractivity contribution in [1.82, 2.24) is 10.0 Å². The fraction of sp³-hybridized carbons (Fsp3) is 0.929. The zero-order valence-corrected chi connectivity index (χ0v) is 16.4. The summed E-state index contributed by atoms with van der Waals surface area (Å²) in [5.74, 6) is -0.181. The lowest BCUT2D eigenvalue weighted by molar-refractivity contribution is -0.121. The quantitative estimate of drug-likeness (QED) is 0.492. The van der Waals surface area contributed by atoms with E-state index in [0.717, 1.165) is 6.42 Å². The molecule has 0 aromatic rings. The van der Waals surface area contributed by atoms with Gasteiger partial charge in [0.25, 0.3) is 0 Å². The Morgan fingerprint density at radius 3 is 2.26 bits per heavy atom. The minimum Gasteiger partial charge on any atom is -0.378 e. The van der Waals surface area contributed by atoms with Gasteiger partial charge in [-0.05, 0) is 33.1 Å². The van der Waals surface area contributed by atoms with E-state index in [0.29, 0.717) is 12.5 Å². The van der Waals surface area contributed by atoms with Crippen LogP contribution in [0.25, 0.3) is 0 Å². The van der Waals surface area contributed by atoms with Gasteiger partial charge in [0.1, 0.15) is 0 Å². The summed E-state index contributed by atoms with van der Waals surface area (Å²) in [5.41, 5.74) is 5.18. The van der Waals surface area contributed by atoms with Crippen molar-refractivity contribution in [2.45, 2.75) is 52.7 Å². The highest BCUT2D eigenvalue weighted by Gasteiger charge is 2.26. The van der Waals surface area contributed by atoms with Crippen LogP contribution >= 0.6 is 12.4 Å². The molecule has 0 aliphatic carbocycles. The highest BCUT2D eigenvalue weighted by Crippen LogP contribution is 2.14. The van der Waals surface area contributed by atoms with Gasteiger partial charge in [0.05, 0.1) is 25.0 Å². The van der Waals surface area contributed by atoms with Crippen molar-refractivity contribution >= 4 is 28.3 Å². The number of hydrogen-bond acceptors (Lipinski definition) is 5. The smallest absolute Gasteiger partial charge is 0.235 e. The SMILES string of the molecule is CC(C)CC(C)(CN)NC(=O)CNS(=O)(=O)CCOC(C)C.Cl. The second kappa shape index (κ2) is 11.2. The summed E-state index contributed by atoms with van der Waals surface area (Å²) in [6.45, 7) is 9.70. The number of hydrogen-bond donors (Lipinski definition) is 3. The number of halogens is 1. The van der Waals surface area contributed by atoms with Gasteiger partial charge in [0.2, 0.25) is 15.9 Å². The van der Waals surface area contributed by atoms with Gasteiger partial charge < -0.3 is 15.8 Å². The third kappa shape index (κ3) is 12.7. The van der Waals surface area contributed by atoms with E-state index in [2.05, 4.69) is 10.0 Å². The van der Waals surface area contributed by atoms with Crippen LogP contribution in [0.4, 0.5) is 0 Å². The Morgan fingerprint density at radius 2 is 1.83 bits per heavy atom. The molecule has 0 fully saturated rings. The molecular weight excluding hydrogens is 342 g/mol. The normalized spacial score (nSPS) is 14.4. The van der Waals surface area contributed by atoms with Gasteiger partial charge in [-0.25, -0.2) is 13.1 Å². The van der Waals surface area contributed by atoms with Crippen LogP contribution < -0.4 is 15.8 Å². The maximum Gasteiger partial charge on any atom is 0.235 e. The first-order valence-corrected chi connectivity index (χ1v) is 9.25. The summed E-state index contributed by atoms with van der Waals surface area (Å²) in [7, 11) is -3.52. The first kappa shape index (κ1) is 24.8. The number of nitrogens with one attached hydrogen (secondary N) is 2. The number of carbonyl (C=O) groups excluding carboxylic acids is 1. The van der Waals surface area contributed by atoms with E-state index >= 15 is 0 Å². The Labute approximate surface area is 146 Å². The number of sulfonamides is 1. The molecule has 0 saturated heterocycles. The monoisotopic (exact) mass is 373 g/mol. The molecular formula is C14H32ClN3O4S. The standard InChI is InChI=1S/C14H31N3O4S.ClH/c1-11(2)8-14(5,10-15)17-13(18)9-16-22(19,20)7-6-21-12(3)4;/h11-12,16H,6-10,15H2,1-5H3,(H,17,18);1H. The number of rotatable bonds is 11. The van der Waals surface area contributed by atoms with Crippen LogP contribution in [-0.2, 0) is 19.6 Å². The Bertz CT molecular complexity index is 443. The maximum atomic E-state index is 11.9. The summed E-state index contributed by atoms with van der Waals surface area (Å²) in [5, 5.41) is 2.80. The zero-order valence-electron chi connectivity index (χ0n) is 14.7. The zero-order chi connectivity index (χ0) is 17.4. The largest absolute Gasteiger partial charge is 0.378 e. The Morgan fingerprint density at radius 1 is 1.26 bits per heavy atom.